The molecule has 0 atom stereocenters. The number of hydrogen-bond acceptors (Lipinski definition) is 4. The first-order chi connectivity index (χ1) is 6.45. The van der Waals surface area contributed by atoms with Crippen LogP contribution in [-0.2, 0) is 0 Å². The second-order valence-corrected chi connectivity index (χ2v) is 2.32. The summed E-state index contributed by atoms with van der Waals surface area (Å²) in [6, 6.07) is 0. The zero-order valence-corrected chi connectivity index (χ0v) is 6.53. The molecule has 14 heavy (non-hydrogen) atoms. The van der Waals surface area contributed by atoms with Gasteiger partial charge in [-0.05, 0) is 0 Å². The molecule has 76 valence electrons. The van der Waals surface area contributed by atoms with Crippen LogP contribution >= 0.6 is 0 Å². The van der Waals surface area contributed by atoms with Crippen LogP contribution in [0.15, 0.2) is 11.0 Å². The molecule has 0 bridgehead atoms. The van der Waals surface area contributed by atoms with Gasteiger partial charge in [-0.3, -0.25) is 14.9 Å². The quantitative estimate of drug-likeness (QED) is 0.555. The van der Waals surface area contributed by atoms with Crippen molar-refractivity contribution in [3.8, 4) is 5.75 Å². The Balaban J connectivity index is 3.54. The summed E-state index contributed by atoms with van der Waals surface area (Å²) in [7, 11) is 0. The highest BCUT2D eigenvalue weighted by Crippen LogP contribution is 2.24. The van der Waals surface area contributed by atoms with E-state index in [1.165, 1.54) is 0 Å². The van der Waals surface area contributed by atoms with Crippen LogP contribution in [0.5, 0.6) is 5.75 Å². The summed E-state index contributed by atoms with van der Waals surface area (Å²) < 4.78 is 24.3. The second kappa shape index (κ2) is 3.40. The van der Waals surface area contributed by atoms with E-state index in [0.717, 1.165) is 0 Å². The third-order valence-corrected chi connectivity index (χ3v) is 1.47. The Bertz CT molecular complexity index is 428. The minimum absolute atomic E-state index is 0.580. The van der Waals surface area contributed by atoms with Crippen molar-refractivity contribution >= 4 is 5.69 Å². The maximum atomic E-state index is 12.1. The normalized spacial score (nSPS) is 10.5. The van der Waals surface area contributed by atoms with Gasteiger partial charge in [0, 0.05) is 6.20 Å². The van der Waals surface area contributed by atoms with Crippen LogP contribution in [0, 0.1) is 10.1 Å². The highest BCUT2D eigenvalue weighted by Gasteiger charge is 2.27. The molecule has 0 amide bonds. The second-order valence-electron chi connectivity index (χ2n) is 2.32. The van der Waals surface area contributed by atoms with Gasteiger partial charge in [0.05, 0.1) is 4.92 Å². The molecule has 0 aromatic carbocycles. The van der Waals surface area contributed by atoms with Gasteiger partial charge in [0.2, 0.25) is 0 Å². The highest BCUT2D eigenvalue weighted by atomic mass is 19.3. The molecule has 0 spiro atoms. The zero-order valence-electron chi connectivity index (χ0n) is 6.53. The molecule has 1 aromatic heterocycles. The van der Waals surface area contributed by atoms with E-state index in [1.807, 2.05) is 0 Å². The molecular weight excluding hydrogens is 202 g/mol. The fraction of sp³-hybridized carbons (Fsp3) is 0.167. The third kappa shape index (κ3) is 1.53. The maximum absolute atomic E-state index is 12.1. The van der Waals surface area contributed by atoms with Crippen LogP contribution in [0.4, 0.5) is 14.5 Å². The molecule has 1 rings (SSSR count). The number of nitro groups is 1. The molecule has 0 aliphatic rings. The van der Waals surface area contributed by atoms with Crippen molar-refractivity contribution < 1.29 is 18.8 Å². The predicted molar refractivity (Wildman–Crippen MR) is 40.3 cm³/mol. The predicted octanol–water partition coefficient (Wildman–Crippen LogP) is 0.926. The summed E-state index contributed by atoms with van der Waals surface area (Å²) in [5.41, 5.74) is -3.87. The monoisotopic (exact) mass is 206 g/mol. The van der Waals surface area contributed by atoms with E-state index in [4.69, 9.17) is 5.11 Å². The van der Waals surface area contributed by atoms with Crippen molar-refractivity contribution in [2.24, 2.45) is 0 Å². The number of H-pyrrole nitrogens is 1. The lowest BCUT2D eigenvalue weighted by molar-refractivity contribution is -0.387. The molecule has 1 heterocycles. The lowest BCUT2D eigenvalue weighted by Crippen LogP contribution is -2.12. The summed E-state index contributed by atoms with van der Waals surface area (Å²) in [6.07, 6.45) is -2.60. The minimum atomic E-state index is -3.18. The lowest BCUT2D eigenvalue weighted by Gasteiger charge is -2.00. The number of nitrogens with one attached hydrogen (secondary N) is 1. The van der Waals surface area contributed by atoms with Crippen molar-refractivity contribution in [3.63, 3.8) is 0 Å². The summed E-state index contributed by atoms with van der Waals surface area (Å²) in [6.45, 7) is 0. The van der Waals surface area contributed by atoms with E-state index in [9.17, 15) is 23.7 Å². The van der Waals surface area contributed by atoms with Gasteiger partial charge >= 0.3 is 11.1 Å². The number of rotatable bonds is 2. The highest BCUT2D eigenvalue weighted by molar-refractivity contribution is 5.40. The standard InChI is InChI=1S/C6H4F2N2O4/c7-6(8)3-4(10(13)14)5(12)2(11)1-9-3/h1,6,11H,(H,9,12). The number of aromatic hydroxyl groups is 1. The molecule has 0 saturated heterocycles. The van der Waals surface area contributed by atoms with Crippen molar-refractivity contribution in [1.82, 2.24) is 4.98 Å². The van der Waals surface area contributed by atoms with Gasteiger partial charge in [0.15, 0.2) is 11.4 Å². The van der Waals surface area contributed by atoms with Crippen LogP contribution in [0.3, 0.4) is 0 Å². The SMILES string of the molecule is O=c1c(O)c[nH]c(C(F)F)c1[N+](=O)[O-]. The van der Waals surface area contributed by atoms with Crippen LogP contribution < -0.4 is 5.43 Å². The van der Waals surface area contributed by atoms with E-state index >= 15 is 0 Å². The fourth-order valence-corrected chi connectivity index (χ4v) is 0.871. The minimum Gasteiger partial charge on any atom is -0.503 e. The van der Waals surface area contributed by atoms with Gasteiger partial charge in [-0.2, -0.15) is 0 Å². The average molecular weight is 206 g/mol. The number of aromatic amines is 1. The van der Waals surface area contributed by atoms with E-state index in [0.29, 0.717) is 6.20 Å². The van der Waals surface area contributed by atoms with Crippen molar-refractivity contribution in [2.45, 2.75) is 6.43 Å². The van der Waals surface area contributed by atoms with E-state index < -0.39 is 33.9 Å². The number of alkyl halides is 2. The van der Waals surface area contributed by atoms with Gasteiger partial charge in [0.25, 0.3) is 6.43 Å². The maximum Gasteiger partial charge on any atom is 0.345 e. The molecular formula is C6H4F2N2O4. The molecule has 0 aliphatic heterocycles. The first-order valence-corrected chi connectivity index (χ1v) is 3.32. The number of hydrogen-bond donors (Lipinski definition) is 2. The third-order valence-electron chi connectivity index (χ3n) is 1.47. The van der Waals surface area contributed by atoms with E-state index in [1.54, 1.807) is 4.98 Å². The molecule has 0 radical (unpaired) electrons. The molecule has 1 aromatic rings. The Kier molecular flexibility index (Phi) is 2.45. The first kappa shape index (κ1) is 10.1. The summed E-state index contributed by atoms with van der Waals surface area (Å²) in [5, 5.41) is 19.0. The summed E-state index contributed by atoms with van der Waals surface area (Å²) in [5.74, 6) is -0.971. The van der Waals surface area contributed by atoms with Gasteiger partial charge in [0.1, 0.15) is 0 Å². The topological polar surface area (TPSA) is 96.2 Å². The molecule has 0 fully saturated rings. The Morgan fingerprint density at radius 2 is 2.14 bits per heavy atom. The van der Waals surface area contributed by atoms with Crippen molar-refractivity contribution in [2.75, 3.05) is 0 Å². The van der Waals surface area contributed by atoms with Crippen molar-refractivity contribution in [1.29, 1.82) is 0 Å². The van der Waals surface area contributed by atoms with Gasteiger partial charge in [-0.1, -0.05) is 0 Å². The fourth-order valence-electron chi connectivity index (χ4n) is 0.871. The number of nitrogens with zero attached hydrogens (tertiary/aromatic N) is 1. The van der Waals surface area contributed by atoms with Gasteiger partial charge < -0.3 is 10.1 Å². The summed E-state index contributed by atoms with van der Waals surface area (Å²) in [4.78, 5) is 21.7. The molecule has 8 heteroatoms. The van der Waals surface area contributed by atoms with Gasteiger partial charge in [-0.15, -0.1) is 0 Å². The Morgan fingerprint density at radius 1 is 1.57 bits per heavy atom. The van der Waals surface area contributed by atoms with Crippen LogP contribution in [0.25, 0.3) is 0 Å². The summed E-state index contributed by atoms with van der Waals surface area (Å²) >= 11 is 0. The van der Waals surface area contributed by atoms with E-state index in [2.05, 4.69) is 0 Å². The van der Waals surface area contributed by atoms with Crippen LogP contribution in [0.1, 0.15) is 12.1 Å². The zero-order chi connectivity index (χ0) is 10.9. The van der Waals surface area contributed by atoms with Crippen molar-refractivity contribution in [3.05, 3.63) is 32.2 Å². The van der Waals surface area contributed by atoms with Crippen LogP contribution in [0.2, 0.25) is 0 Å². The Labute approximate surface area is 75.0 Å². The Hall–Kier alpha value is -1.99. The Morgan fingerprint density at radius 3 is 2.57 bits per heavy atom. The number of pyridine rings is 1. The largest absolute Gasteiger partial charge is 0.503 e. The molecule has 2 N–H and O–H groups in total. The molecule has 6 nitrogen and oxygen atoms in total. The first-order valence-electron chi connectivity index (χ1n) is 3.32. The lowest BCUT2D eigenvalue weighted by atomic mass is 10.3. The number of aromatic nitrogens is 1. The number of halogens is 2. The molecule has 0 saturated carbocycles. The van der Waals surface area contributed by atoms with Crippen LogP contribution in [-0.4, -0.2) is 15.0 Å². The van der Waals surface area contributed by atoms with Gasteiger partial charge in [-0.25, -0.2) is 8.78 Å². The smallest absolute Gasteiger partial charge is 0.345 e. The molecule has 0 unspecified atom stereocenters. The van der Waals surface area contributed by atoms with E-state index in [-0.39, 0.29) is 0 Å². The molecule has 0 aliphatic carbocycles. The average Bonchev–Trinajstić information content (AvgIpc) is 2.08.